The number of halogens is 3. The van der Waals surface area contributed by atoms with Gasteiger partial charge in [-0.25, -0.2) is 22.8 Å². The van der Waals surface area contributed by atoms with Crippen LogP contribution in [0.2, 0.25) is 0 Å². The van der Waals surface area contributed by atoms with Crippen molar-refractivity contribution >= 4 is 11.9 Å². The Morgan fingerprint density at radius 3 is 1.82 bits per heavy atom. The van der Waals surface area contributed by atoms with Crippen LogP contribution in [-0.2, 0) is 9.47 Å². The molecule has 2 fully saturated rings. The second-order valence-corrected chi connectivity index (χ2v) is 14.9. The fraction of sp³-hybridized carbons (Fsp3) is 0.611. The molecule has 0 aromatic heterocycles. The van der Waals surface area contributed by atoms with Crippen molar-refractivity contribution in [2.75, 3.05) is 13.1 Å². The van der Waals surface area contributed by atoms with Crippen molar-refractivity contribution < 1.29 is 32.2 Å². The van der Waals surface area contributed by atoms with Gasteiger partial charge in [0.05, 0.1) is 22.2 Å². The number of esters is 2. The van der Waals surface area contributed by atoms with E-state index in [1.165, 1.54) is 12.1 Å². The summed E-state index contributed by atoms with van der Waals surface area (Å²) in [4.78, 5) is 30.7. The Hall–Kier alpha value is -2.91. The van der Waals surface area contributed by atoms with Gasteiger partial charge in [-0.05, 0) is 93.1 Å². The van der Waals surface area contributed by atoms with Crippen molar-refractivity contribution in [1.82, 2.24) is 9.80 Å². The van der Waals surface area contributed by atoms with Crippen molar-refractivity contribution in [3.05, 3.63) is 58.9 Å². The highest BCUT2D eigenvalue weighted by Gasteiger charge is 2.54. The van der Waals surface area contributed by atoms with Crippen LogP contribution in [-0.4, -0.2) is 69.2 Å². The van der Waals surface area contributed by atoms with Crippen LogP contribution >= 0.6 is 0 Å². The Morgan fingerprint density at radius 2 is 1.29 bits per heavy atom. The van der Waals surface area contributed by atoms with E-state index in [1.54, 1.807) is 0 Å². The van der Waals surface area contributed by atoms with Gasteiger partial charge in [-0.15, -0.1) is 0 Å². The predicted molar refractivity (Wildman–Crippen MR) is 170 cm³/mol. The smallest absolute Gasteiger partial charge is 0.341 e. The summed E-state index contributed by atoms with van der Waals surface area (Å²) < 4.78 is 57.6. The molecule has 0 N–H and O–H groups in total. The molecule has 0 spiro atoms. The number of carbonyl (C=O) groups excluding carboxylic acids is 2. The first-order valence-electron chi connectivity index (χ1n) is 16.0. The Labute approximate surface area is 266 Å². The van der Waals surface area contributed by atoms with E-state index in [4.69, 9.17) is 9.47 Å². The molecule has 0 aliphatic carbocycles. The van der Waals surface area contributed by atoms with E-state index in [-0.39, 0.29) is 27.8 Å². The monoisotopic (exact) mass is 630 g/mol. The summed E-state index contributed by atoms with van der Waals surface area (Å²) in [6.45, 7) is 22.1. The summed E-state index contributed by atoms with van der Waals surface area (Å²) in [5.74, 6) is -5.36. The van der Waals surface area contributed by atoms with Crippen molar-refractivity contribution in [2.24, 2.45) is 0 Å². The maximum absolute atomic E-state index is 15.4. The fourth-order valence-electron chi connectivity index (χ4n) is 7.81. The lowest BCUT2D eigenvalue weighted by atomic mass is 9.96. The molecule has 2 saturated heterocycles. The molecule has 45 heavy (non-hydrogen) atoms. The first-order valence-corrected chi connectivity index (χ1v) is 16.0. The third-order valence-electron chi connectivity index (χ3n) is 10.1. The molecule has 2 aliphatic rings. The third kappa shape index (κ3) is 6.39. The standard InChI is InChI=1S/C36H49F3N2O4/c1-11-13-18-41-34(5,6)21-28(36(41,9)10)44-31(42)22-14-15-23(26(37)19-22)24-16-17-25(30(39)29(24)38)32(43)45-27-20-33(3,4)40(12-2)35(27,7)8/h14-17,19,27-28H,11-13,18,20-21H2,1-10H3. The Balaban J connectivity index is 1.52. The normalized spacial score (nSPS) is 23.7. The lowest BCUT2D eigenvalue weighted by Crippen LogP contribution is -2.51. The van der Waals surface area contributed by atoms with Gasteiger partial charge in [0.2, 0.25) is 0 Å². The molecule has 6 nitrogen and oxygen atoms in total. The summed E-state index contributed by atoms with van der Waals surface area (Å²) in [6, 6.07) is 5.80. The zero-order valence-electron chi connectivity index (χ0n) is 28.4. The van der Waals surface area contributed by atoms with Crippen LogP contribution in [0.5, 0.6) is 0 Å². The van der Waals surface area contributed by atoms with Crippen LogP contribution in [0.4, 0.5) is 13.2 Å². The van der Waals surface area contributed by atoms with Crippen molar-refractivity contribution in [2.45, 2.75) is 129 Å². The van der Waals surface area contributed by atoms with Gasteiger partial charge >= 0.3 is 11.9 Å². The number of hydrogen-bond acceptors (Lipinski definition) is 6. The van der Waals surface area contributed by atoms with E-state index < -0.39 is 58.2 Å². The SMILES string of the molecule is CCCCN1C(C)(C)CC(OC(=O)c2ccc(-c3ccc(C(=O)OC4CC(C)(C)N(CC)C4(C)C)c(F)c3F)c(F)c2)C1(C)C. The van der Waals surface area contributed by atoms with Crippen LogP contribution in [0.3, 0.4) is 0 Å². The molecular formula is C36H49F3N2O4. The van der Waals surface area contributed by atoms with Crippen molar-refractivity contribution in [1.29, 1.82) is 0 Å². The third-order valence-corrected chi connectivity index (χ3v) is 10.1. The molecule has 4 rings (SSSR count). The van der Waals surface area contributed by atoms with E-state index in [0.29, 0.717) is 12.8 Å². The number of likely N-dealkylation sites (tertiary alicyclic amines) is 2. The number of unbranched alkanes of at least 4 members (excludes halogenated alkanes) is 1. The topological polar surface area (TPSA) is 59.1 Å². The Kier molecular flexibility index (Phi) is 9.60. The number of ether oxygens (including phenoxy) is 2. The van der Waals surface area contributed by atoms with Crippen LogP contribution in [0.15, 0.2) is 30.3 Å². The van der Waals surface area contributed by atoms with E-state index >= 15 is 13.2 Å². The molecule has 0 radical (unpaired) electrons. The van der Waals surface area contributed by atoms with Gasteiger partial charge in [-0.3, -0.25) is 9.80 Å². The number of likely N-dealkylation sites (N-methyl/N-ethyl adjacent to an activating group) is 1. The van der Waals surface area contributed by atoms with Gasteiger partial charge in [0, 0.05) is 35.0 Å². The van der Waals surface area contributed by atoms with Crippen molar-refractivity contribution in [3.63, 3.8) is 0 Å². The predicted octanol–water partition coefficient (Wildman–Crippen LogP) is 8.17. The zero-order chi connectivity index (χ0) is 33.7. The van der Waals surface area contributed by atoms with Crippen LogP contribution in [0, 0.1) is 17.5 Å². The van der Waals surface area contributed by atoms with E-state index in [1.807, 2.05) is 34.6 Å². The average molecular weight is 631 g/mol. The zero-order valence-corrected chi connectivity index (χ0v) is 28.4. The van der Waals surface area contributed by atoms with E-state index in [9.17, 15) is 9.59 Å². The first kappa shape index (κ1) is 35.0. The molecule has 2 aromatic rings. The molecule has 0 saturated carbocycles. The molecular weight excluding hydrogens is 581 g/mol. The van der Waals surface area contributed by atoms with Gasteiger partial charge in [-0.1, -0.05) is 32.4 Å². The summed E-state index contributed by atoms with van der Waals surface area (Å²) in [6.07, 6.45) is 2.28. The highest BCUT2D eigenvalue weighted by molar-refractivity contribution is 5.92. The maximum atomic E-state index is 15.4. The minimum atomic E-state index is -1.42. The number of nitrogens with zero attached hydrogens (tertiary/aromatic N) is 2. The first-order chi connectivity index (χ1) is 20.8. The highest BCUT2D eigenvalue weighted by atomic mass is 19.2. The molecule has 2 aliphatic heterocycles. The lowest BCUT2D eigenvalue weighted by Gasteiger charge is -2.41. The van der Waals surface area contributed by atoms with Gasteiger partial charge in [0.15, 0.2) is 11.6 Å². The number of rotatable bonds is 9. The van der Waals surface area contributed by atoms with E-state index in [0.717, 1.165) is 44.1 Å². The van der Waals surface area contributed by atoms with Gasteiger partial charge in [-0.2, -0.15) is 0 Å². The van der Waals surface area contributed by atoms with Crippen LogP contribution < -0.4 is 0 Å². The van der Waals surface area contributed by atoms with Gasteiger partial charge < -0.3 is 9.47 Å². The number of benzene rings is 2. The van der Waals surface area contributed by atoms with Gasteiger partial charge in [0.1, 0.15) is 18.0 Å². The molecule has 2 heterocycles. The number of carbonyl (C=O) groups is 2. The largest absolute Gasteiger partial charge is 0.457 e. The molecule has 248 valence electrons. The fourth-order valence-corrected chi connectivity index (χ4v) is 7.81. The molecule has 2 unspecified atom stereocenters. The summed E-state index contributed by atoms with van der Waals surface area (Å²) >= 11 is 0. The maximum Gasteiger partial charge on any atom is 0.341 e. The van der Waals surface area contributed by atoms with E-state index in [2.05, 4.69) is 44.4 Å². The second-order valence-electron chi connectivity index (χ2n) is 14.9. The summed E-state index contributed by atoms with van der Waals surface area (Å²) in [7, 11) is 0. The number of hydrogen-bond donors (Lipinski definition) is 0. The molecule has 2 aromatic carbocycles. The quantitative estimate of drug-likeness (QED) is 0.261. The minimum Gasteiger partial charge on any atom is -0.457 e. The summed E-state index contributed by atoms with van der Waals surface area (Å²) in [5, 5.41) is 0. The molecule has 9 heteroatoms. The molecule has 0 amide bonds. The molecule has 2 atom stereocenters. The highest BCUT2D eigenvalue weighted by Crippen LogP contribution is 2.44. The van der Waals surface area contributed by atoms with Crippen LogP contribution in [0.1, 0.15) is 116 Å². The lowest BCUT2D eigenvalue weighted by molar-refractivity contribution is -0.00579. The molecule has 0 bridgehead atoms. The van der Waals surface area contributed by atoms with Crippen LogP contribution in [0.25, 0.3) is 11.1 Å². The Bertz CT molecular complexity index is 1450. The Morgan fingerprint density at radius 1 is 0.756 bits per heavy atom. The van der Waals surface area contributed by atoms with Gasteiger partial charge in [0.25, 0.3) is 0 Å². The average Bonchev–Trinajstić information content (AvgIpc) is 3.22. The second kappa shape index (κ2) is 12.4. The summed E-state index contributed by atoms with van der Waals surface area (Å²) in [5.41, 5.74) is -2.55. The van der Waals surface area contributed by atoms with Crippen molar-refractivity contribution in [3.8, 4) is 11.1 Å². The minimum absolute atomic E-state index is 0.0267.